The van der Waals surface area contributed by atoms with Crippen LogP contribution in [0.3, 0.4) is 0 Å². The van der Waals surface area contributed by atoms with Crippen LogP contribution < -0.4 is 10.1 Å². The summed E-state index contributed by atoms with van der Waals surface area (Å²) >= 11 is 3.41. The maximum absolute atomic E-state index is 12.7. The lowest BCUT2D eigenvalue weighted by Crippen LogP contribution is -2.53. The Balaban J connectivity index is 1.51. The maximum Gasteiger partial charge on any atom is 0.329 e. The summed E-state index contributed by atoms with van der Waals surface area (Å²) in [4.78, 5) is 28.6. The number of carboxylic acids is 1. The van der Waals surface area contributed by atoms with Gasteiger partial charge in [0, 0.05) is 0 Å². The molecule has 0 spiro atoms. The van der Waals surface area contributed by atoms with Crippen LogP contribution in [0.4, 0.5) is 0 Å². The van der Waals surface area contributed by atoms with Gasteiger partial charge >= 0.3 is 5.97 Å². The molecule has 2 atom stereocenters. The average Bonchev–Trinajstić information content (AvgIpc) is 3.55. The Labute approximate surface area is 196 Å². The number of nitrogens with one attached hydrogen (secondary N) is 1. The SMILES string of the molecule is CCC(CC)(NC(=O)c1ccc(Br)c(OCC2CC2COCc2ccccc2)n1)C(=O)O. The summed E-state index contributed by atoms with van der Waals surface area (Å²) in [5.41, 5.74) is -0.0371. The molecule has 1 aromatic carbocycles. The van der Waals surface area contributed by atoms with E-state index in [0.29, 0.717) is 42.0 Å². The summed E-state index contributed by atoms with van der Waals surface area (Å²) in [5, 5.41) is 12.2. The highest BCUT2D eigenvalue weighted by molar-refractivity contribution is 9.10. The number of carbonyl (C=O) groups excluding carboxylic acids is 1. The number of ether oxygens (including phenoxy) is 2. The summed E-state index contributed by atoms with van der Waals surface area (Å²) in [6.45, 7) is 5.24. The Morgan fingerprint density at radius 2 is 1.81 bits per heavy atom. The van der Waals surface area contributed by atoms with Crippen LogP contribution in [0.5, 0.6) is 5.88 Å². The molecule has 2 unspecified atom stereocenters. The summed E-state index contributed by atoms with van der Waals surface area (Å²) in [6.07, 6.45) is 1.58. The monoisotopic (exact) mass is 504 g/mol. The maximum atomic E-state index is 12.7. The normalized spacial score (nSPS) is 17.6. The van der Waals surface area contributed by atoms with E-state index in [9.17, 15) is 14.7 Å². The summed E-state index contributed by atoms with van der Waals surface area (Å²) < 4.78 is 12.3. The van der Waals surface area contributed by atoms with Crippen LogP contribution in [0.2, 0.25) is 0 Å². The van der Waals surface area contributed by atoms with E-state index in [1.165, 1.54) is 0 Å². The first-order chi connectivity index (χ1) is 15.4. The number of benzene rings is 1. The average molecular weight is 505 g/mol. The first-order valence-corrected chi connectivity index (χ1v) is 11.6. The standard InChI is InChI=1S/C24H29BrN2O5/c1-3-24(4-2,23(29)30)27-21(28)20-11-10-19(25)22(26-20)32-15-18-12-17(18)14-31-13-16-8-6-5-7-9-16/h5-11,17-18H,3-4,12-15H2,1-2H3,(H,27,28)(H,29,30). The van der Waals surface area contributed by atoms with E-state index in [2.05, 4.69) is 26.2 Å². The van der Waals surface area contributed by atoms with Crippen molar-refractivity contribution in [3.05, 3.63) is 58.2 Å². The molecule has 1 amide bonds. The fraction of sp³-hybridized carbons (Fsp3) is 0.458. The van der Waals surface area contributed by atoms with E-state index in [-0.39, 0.29) is 18.5 Å². The van der Waals surface area contributed by atoms with Gasteiger partial charge in [0.05, 0.1) is 24.3 Å². The molecule has 0 bridgehead atoms. The summed E-state index contributed by atoms with van der Waals surface area (Å²) in [5.74, 6) is -0.431. The van der Waals surface area contributed by atoms with Crippen LogP contribution in [0.1, 0.15) is 49.2 Å². The molecule has 0 aliphatic heterocycles. The van der Waals surface area contributed by atoms with Crippen molar-refractivity contribution in [2.24, 2.45) is 11.8 Å². The third-order valence-electron chi connectivity index (χ3n) is 5.96. The first-order valence-electron chi connectivity index (χ1n) is 10.9. The molecule has 0 radical (unpaired) electrons. The van der Waals surface area contributed by atoms with E-state index < -0.39 is 17.4 Å². The van der Waals surface area contributed by atoms with Crippen molar-refractivity contribution in [2.75, 3.05) is 13.2 Å². The molecule has 8 heteroatoms. The second-order valence-electron chi connectivity index (χ2n) is 8.10. The predicted octanol–water partition coefficient (Wildman–Crippen LogP) is 4.45. The lowest BCUT2D eigenvalue weighted by atomic mass is 9.93. The number of aromatic nitrogens is 1. The molecule has 1 fully saturated rings. The molecular weight excluding hydrogens is 476 g/mol. The third-order valence-corrected chi connectivity index (χ3v) is 6.57. The molecule has 1 aromatic heterocycles. The van der Waals surface area contributed by atoms with Gasteiger partial charge in [-0.1, -0.05) is 44.2 Å². The largest absolute Gasteiger partial charge is 0.480 e. The van der Waals surface area contributed by atoms with Crippen molar-refractivity contribution in [1.82, 2.24) is 10.3 Å². The van der Waals surface area contributed by atoms with E-state index in [0.717, 1.165) is 12.0 Å². The Morgan fingerprint density at radius 1 is 1.12 bits per heavy atom. The van der Waals surface area contributed by atoms with E-state index in [1.807, 2.05) is 30.3 Å². The van der Waals surface area contributed by atoms with Gasteiger partial charge in [-0.25, -0.2) is 9.78 Å². The van der Waals surface area contributed by atoms with Gasteiger partial charge in [0.2, 0.25) is 5.88 Å². The van der Waals surface area contributed by atoms with Gasteiger partial charge in [0.25, 0.3) is 5.91 Å². The Hall–Kier alpha value is -2.45. The van der Waals surface area contributed by atoms with Gasteiger partial charge in [0.1, 0.15) is 11.2 Å². The molecule has 1 aliphatic carbocycles. The number of hydrogen-bond acceptors (Lipinski definition) is 5. The highest BCUT2D eigenvalue weighted by atomic mass is 79.9. The van der Waals surface area contributed by atoms with E-state index in [1.54, 1.807) is 26.0 Å². The molecule has 1 heterocycles. The van der Waals surface area contributed by atoms with Crippen molar-refractivity contribution >= 4 is 27.8 Å². The Morgan fingerprint density at radius 3 is 2.47 bits per heavy atom. The Kier molecular flexibility index (Phi) is 8.26. The van der Waals surface area contributed by atoms with Crippen LogP contribution in [-0.4, -0.2) is 40.7 Å². The zero-order chi connectivity index (χ0) is 23.1. The summed E-state index contributed by atoms with van der Waals surface area (Å²) in [6, 6.07) is 13.3. The van der Waals surface area contributed by atoms with Crippen molar-refractivity contribution in [2.45, 2.75) is 45.3 Å². The second-order valence-corrected chi connectivity index (χ2v) is 8.95. The van der Waals surface area contributed by atoms with Gasteiger partial charge in [-0.05, 0) is 64.7 Å². The zero-order valence-electron chi connectivity index (χ0n) is 18.3. The number of nitrogens with zero attached hydrogens (tertiary/aromatic N) is 1. The zero-order valence-corrected chi connectivity index (χ0v) is 19.9. The van der Waals surface area contributed by atoms with Gasteiger partial charge in [-0.15, -0.1) is 0 Å². The van der Waals surface area contributed by atoms with E-state index in [4.69, 9.17) is 9.47 Å². The molecule has 32 heavy (non-hydrogen) atoms. The summed E-state index contributed by atoms with van der Waals surface area (Å²) in [7, 11) is 0. The van der Waals surface area contributed by atoms with Crippen LogP contribution in [0.15, 0.2) is 46.9 Å². The van der Waals surface area contributed by atoms with Gasteiger partial charge < -0.3 is 19.9 Å². The molecule has 172 valence electrons. The third kappa shape index (κ3) is 6.07. The fourth-order valence-corrected chi connectivity index (χ4v) is 3.86. The van der Waals surface area contributed by atoms with Crippen LogP contribution in [-0.2, 0) is 16.1 Å². The van der Waals surface area contributed by atoms with Crippen molar-refractivity contribution in [3.8, 4) is 5.88 Å². The van der Waals surface area contributed by atoms with Crippen LogP contribution in [0, 0.1) is 11.8 Å². The number of hydrogen-bond donors (Lipinski definition) is 2. The molecule has 2 aromatic rings. The highest BCUT2D eigenvalue weighted by Gasteiger charge is 2.38. The molecule has 3 rings (SSSR count). The molecule has 1 aliphatic rings. The number of pyridine rings is 1. The minimum atomic E-state index is -1.31. The smallest absolute Gasteiger partial charge is 0.329 e. The number of carbonyl (C=O) groups is 2. The first kappa shape index (κ1) is 24.2. The van der Waals surface area contributed by atoms with Gasteiger partial charge in [-0.2, -0.15) is 0 Å². The number of carboxylic acid groups (broad SMARTS) is 1. The highest BCUT2D eigenvalue weighted by Crippen LogP contribution is 2.39. The quantitative estimate of drug-likeness (QED) is 0.443. The van der Waals surface area contributed by atoms with Crippen LogP contribution >= 0.6 is 15.9 Å². The van der Waals surface area contributed by atoms with Crippen molar-refractivity contribution in [3.63, 3.8) is 0 Å². The second kappa shape index (κ2) is 10.9. The van der Waals surface area contributed by atoms with Crippen molar-refractivity contribution < 1.29 is 24.2 Å². The predicted molar refractivity (Wildman–Crippen MR) is 124 cm³/mol. The van der Waals surface area contributed by atoms with Gasteiger partial charge in [0.15, 0.2) is 0 Å². The minimum Gasteiger partial charge on any atom is -0.480 e. The number of amides is 1. The minimum absolute atomic E-state index is 0.120. The molecule has 0 saturated heterocycles. The molecule has 1 saturated carbocycles. The van der Waals surface area contributed by atoms with Crippen molar-refractivity contribution in [1.29, 1.82) is 0 Å². The fourth-order valence-electron chi connectivity index (χ4n) is 3.52. The van der Waals surface area contributed by atoms with Gasteiger partial charge in [-0.3, -0.25) is 4.79 Å². The van der Waals surface area contributed by atoms with E-state index >= 15 is 0 Å². The lowest BCUT2D eigenvalue weighted by molar-refractivity contribution is -0.144. The molecule has 7 nitrogen and oxygen atoms in total. The number of aliphatic carboxylic acids is 1. The molecular formula is C24H29BrN2O5. The Bertz CT molecular complexity index is 933. The van der Waals surface area contributed by atoms with Crippen LogP contribution in [0.25, 0.3) is 0 Å². The number of rotatable bonds is 12. The lowest BCUT2D eigenvalue weighted by Gasteiger charge is -2.27. The topological polar surface area (TPSA) is 97.8 Å². The molecule has 2 N–H and O–H groups in total. The number of halogens is 1.